The minimum absolute atomic E-state index is 0.0336. The number of carboxylic acids is 4. The highest BCUT2D eigenvalue weighted by Crippen LogP contribution is 2.26. The first-order valence-electron chi connectivity index (χ1n) is 32.4. The number of carbonyl (C=O) groups is 16. The molecule has 2 heterocycles. The molecule has 0 aromatic carbocycles. The minimum Gasteiger partial charge on any atom is -0.481 e. The molecule has 11 amide bonds. The van der Waals surface area contributed by atoms with Gasteiger partial charge < -0.3 is 98.6 Å². The molecule has 0 aromatic rings. The fourth-order valence-corrected chi connectivity index (χ4v) is 10.5. The van der Waals surface area contributed by atoms with Crippen molar-refractivity contribution in [3.8, 4) is 0 Å². The highest BCUT2D eigenvalue weighted by atomic mass is 16.5. The molecule has 2 rings (SSSR count). The number of rotatable bonds is 27. The predicted molar refractivity (Wildman–Crippen MR) is 347 cm³/mol. The van der Waals surface area contributed by atoms with Gasteiger partial charge in [0.05, 0.1) is 58.4 Å². The summed E-state index contributed by atoms with van der Waals surface area (Å²) in [5.41, 5.74) is 5.73. The molecular formula is C63H102N13O22+. The van der Waals surface area contributed by atoms with Gasteiger partial charge in [-0.2, -0.15) is 0 Å². The number of unbranched alkanes of at least 4 members (excludes halogenated alkanes) is 1. The molecule has 0 spiro atoms. The monoisotopic (exact) mass is 1390 g/mol. The Morgan fingerprint density at radius 1 is 0.673 bits per heavy atom. The van der Waals surface area contributed by atoms with Gasteiger partial charge in [-0.25, -0.2) is 4.79 Å². The minimum atomic E-state index is -2.86. The third-order valence-electron chi connectivity index (χ3n) is 16.0. The van der Waals surface area contributed by atoms with E-state index >= 15 is 9.59 Å². The Morgan fingerprint density at radius 2 is 1.26 bits per heavy atom. The summed E-state index contributed by atoms with van der Waals surface area (Å²) in [6.45, 7) is 13.7. The van der Waals surface area contributed by atoms with E-state index in [9.17, 15) is 92.7 Å². The molecule has 0 aromatic heterocycles. The van der Waals surface area contributed by atoms with Gasteiger partial charge in [0.15, 0.2) is 12.2 Å². The van der Waals surface area contributed by atoms with Crippen molar-refractivity contribution >= 4 is 94.8 Å². The van der Waals surface area contributed by atoms with Crippen molar-refractivity contribution < 1.29 is 111 Å². The number of carbonyl (C=O) groups excluding carboxylic acids is 12. The highest BCUT2D eigenvalue weighted by Gasteiger charge is 2.46. The molecule has 98 heavy (non-hydrogen) atoms. The topological polar surface area (TPSA) is 533 Å². The largest absolute Gasteiger partial charge is 0.481 e. The van der Waals surface area contributed by atoms with Crippen molar-refractivity contribution in [3.05, 3.63) is 24.3 Å². The fraction of sp³-hybridized carbons (Fsp3) is 0.683. The number of aliphatic hydroxyl groups excluding tert-OH is 1. The van der Waals surface area contributed by atoms with Crippen LogP contribution in [-0.2, 0) is 81.4 Å². The standard InChI is InChI=1S/C63H101N13O22/c1-30(2)20-16-14-15-17-22-41(77)69-48(35(9)63(97)98-37(25-43(79)80)29-76(11,12)13)57(89)73-49-36(10)66-54(86)40-24-33(7)28-75(40)60(92)46(32(5)6)72-56(88)47(34(8)61(93)94)70-42(78)27-65-52(84)39(26-44(81)82)68-59(91)50(51(83)62(95)96)74-53(85)38(21-18-19-23-64)67-55(87)45(31(3)4)71-58(49)90/h14-15,17,22,30-40,45-51,83H,16,18-21,23-29,64H2,1-13H3,(H13-,65,66,67,68,69,70,71,72,73,74,77,78,79,80,81,82,84,85,86,87,88,89,90,91,93,94,95,96)/p+1/b15-14-,22-17+/t33-,34?,35?,36?,37?,38+,39+,40+,45-,46+,47-,48+,49+,50+,51?/m1/s1. The third kappa shape index (κ3) is 28.1. The van der Waals surface area contributed by atoms with Crippen LogP contribution in [0.4, 0.5) is 0 Å². The Hall–Kier alpha value is -9.12. The number of aliphatic carboxylic acids is 4. The number of quaternary nitrogens is 1. The number of likely N-dealkylation sites (N-methyl/N-ethyl adjacent to an activating group) is 1. The van der Waals surface area contributed by atoms with Crippen molar-refractivity contribution in [1.82, 2.24) is 58.1 Å². The van der Waals surface area contributed by atoms with Crippen molar-refractivity contribution in [2.75, 3.05) is 47.3 Å². The van der Waals surface area contributed by atoms with Crippen LogP contribution in [0, 0.1) is 35.5 Å². The second-order valence-corrected chi connectivity index (χ2v) is 26.9. The van der Waals surface area contributed by atoms with E-state index in [4.69, 9.17) is 10.5 Å². The maximum Gasteiger partial charge on any atom is 0.335 e. The molecule has 2 aliphatic rings. The molecule has 0 bridgehead atoms. The average molecular weight is 1390 g/mol. The lowest BCUT2D eigenvalue weighted by Crippen LogP contribution is -2.65. The van der Waals surface area contributed by atoms with Crippen LogP contribution in [-0.4, -0.2) is 250 Å². The van der Waals surface area contributed by atoms with Gasteiger partial charge in [-0.1, -0.05) is 66.7 Å². The van der Waals surface area contributed by atoms with E-state index in [0.717, 1.165) is 24.3 Å². The fourth-order valence-electron chi connectivity index (χ4n) is 10.5. The van der Waals surface area contributed by atoms with E-state index < -0.39 is 216 Å². The summed E-state index contributed by atoms with van der Waals surface area (Å²) in [6, 6.07) is -19.0. The van der Waals surface area contributed by atoms with Gasteiger partial charge in [-0.15, -0.1) is 0 Å². The lowest BCUT2D eigenvalue weighted by molar-refractivity contribution is -0.873. The Bertz CT molecular complexity index is 2950. The number of hydrogen-bond acceptors (Lipinski definition) is 19. The van der Waals surface area contributed by atoms with Gasteiger partial charge >= 0.3 is 29.8 Å². The normalized spacial score (nSPS) is 25.0. The zero-order valence-electron chi connectivity index (χ0n) is 57.8. The molecule has 5 unspecified atom stereocenters. The number of ether oxygens (including phenoxy) is 1. The molecule has 550 valence electrons. The Morgan fingerprint density at radius 3 is 1.81 bits per heavy atom. The van der Waals surface area contributed by atoms with Crippen LogP contribution in [0.25, 0.3) is 0 Å². The average Bonchev–Trinajstić information content (AvgIpc) is 1.61. The van der Waals surface area contributed by atoms with Gasteiger partial charge in [0.2, 0.25) is 65.0 Å². The molecule has 2 aliphatic heterocycles. The van der Waals surface area contributed by atoms with Crippen molar-refractivity contribution in [2.45, 2.75) is 193 Å². The van der Waals surface area contributed by atoms with Crippen LogP contribution < -0.4 is 58.9 Å². The van der Waals surface area contributed by atoms with Gasteiger partial charge in [0.1, 0.15) is 60.9 Å². The zero-order valence-corrected chi connectivity index (χ0v) is 57.8. The van der Waals surface area contributed by atoms with Crippen LogP contribution in [0.5, 0.6) is 0 Å². The number of esters is 1. The van der Waals surface area contributed by atoms with Crippen LogP contribution in [0.1, 0.15) is 121 Å². The van der Waals surface area contributed by atoms with Crippen LogP contribution in [0.3, 0.4) is 0 Å². The van der Waals surface area contributed by atoms with Crippen molar-refractivity contribution in [1.29, 1.82) is 0 Å². The molecule has 0 saturated carbocycles. The van der Waals surface area contributed by atoms with E-state index in [1.807, 2.05) is 29.8 Å². The number of nitrogens with zero attached hydrogens (tertiary/aromatic N) is 2. The molecule has 35 heteroatoms. The maximum absolute atomic E-state index is 15.2. The molecule has 35 nitrogen and oxygen atoms in total. The predicted octanol–water partition coefficient (Wildman–Crippen LogP) is -3.90. The number of carboxylic acid groups (broad SMARTS) is 4. The second-order valence-electron chi connectivity index (χ2n) is 26.9. The summed E-state index contributed by atoms with van der Waals surface area (Å²) in [7, 11) is 5.09. The van der Waals surface area contributed by atoms with Crippen LogP contribution >= 0.6 is 0 Å². The number of allylic oxidation sites excluding steroid dienone is 3. The number of nitrogens with two attached hydrogens (primary N) is 1. The van der Waals surface area contributed by atoms with Crippen LogP contribution in [0.15, 0.2) is 24.3 Å². The molecule has 2 saturated heterocycles. The maximum atomic E-state index is 15.2. The van der Waals surface area contributed by atoms with E-state index in [1.54, 1.807) is 40.2 Å². The van der Waals surface area contributed by atoms with Crippen LogP contribution in [0.2, 0.25) is 0 Å². The Kier molecular flexibility index (Phi) is 34.6. The molecule has 17 N–H and O–H groups in total. The molecule has 0 radical (unpaired) electrons. The summed E-state index contributed by atoms with van der Waals surface area (Å²) >= 11 is 0. The van der Waals surface area contributed by atoms with Gasteiger partial charge in [-0.3, -0.25) is 71.9 Å². The molecular weight excluding hydrogens is 1290 g/mol. The number of hydrogen-bond donors (Lipinski definition) is 16. The molecule has 0 aliphatic carbocycles. The van der Waals surface area contributed by atoms with Gasteiger partial charge in [0.25, 0.3) is 0 Å². The van der Waals surface area contributed by atoms with Crippen molar-refractivity contribution in [2.24, 2.45) is 41.2 Å². The molecule has 2 fully saturated rings. The number of fused-ring (bicyclic) bond motifs is 1. The summed E-state index contributed by atoms with van der Waals surface area (Å²) in [4.78, 5) is 222. The smallest absolute Gasteiger partial charge is 0.335 e. The Balaban J connectivity index is 3.09. The first-order valence-corrected chi connectivity index (χ1v) is 32.4. The summed E-state index contributed by atoms with van der Waals surface area (Å²) in [5.74, 6) is -26.9. The quantitative estimate of drug-likeness (QED) is 0.0123. The first-order chi connectivity index (χ1) is 45.5. The number of nitrogens with one attached hydrogen (secondary N) is 10. The SMILES string of the molecule is CC(C)CC/C=C\C=C\C(=O)N[C@H](C(=O)N[C@@H]1C(=O)N[C@H](C(C)C)C(=O)N[C@@H](CCCCN)C(=O)N[C@@H](C(O)C(=O)O)C(=O)N[C@@H](CC(=O)O)C(=O)NCC(=O)N[C@H](C(C)C(=O)O)C(=O)N[C@@H](C(C)C)C(=O)N2C[C@H](C)C[C@H]2C(=O)NC1C)C(C)C(=O)OC(CC(=O)O)C[N+](C)(C)C. The summed E-state index contributed by atoms with van der Waals surface area (Å²) in [6.07, 6.45) is 0.968. The van der Waals surface area contributed by atoms with Gasteiger partial charge in [-0.05, 0) is 89.5 Å². The summed E-state index contributed by atoms with van der Waals surface area (Å²) < 4.78 is 5.79. The van der Waals surface area contributed by atoms with Gasteiger partial charge in [0, 0.05) is 12.6 Å². The summed E-state index contributed by atoms with van der Waals surface area (Å²) in [5, 5.41) is 73.4. The third-order valence-corrected chi connectivity index (χ3v) is 16.0. The van der Waals surface area contributed by atoms with E-state index in [0.29, 0.717) is 12.3 Å². The number of aliphatic hydroxyl groups is 1. The van der Waals surface area contributed by atoms with E-state index in [-0.39, 0.29) is 49.8 Å². The molecule has 15 atom stereocenters. The second kappa shape index (κ2) is 39.9. The highest BCUT2D eigenvalue weighted by molar-refractivity contribution is 6.02. The number of amides is 11. The zero-order chi connectivity index (χ0) is 74.8. The lowest BCUT2D eigenvalue weighted by atomic mass is 9.97. The first kappa shape index (κ1) is 85.0. The lowest BCUT2D eigenvalue weighted by Gasteiger charge is -2.34. The van der Waals surface area contributed by atoms with E-state index in [2.05, 4.69) is 37.2 Å². The van der Waals surface area contributed by atoms with Crippen molar-refractivity contribution in [3.63, 3.8) is 0 Å². The Labute approximate surface area is 568 Å². The van der Waals surface area contributed by atoms with E-state index in [1.165, 1.54) is 47.6 Å².